The first-order valence-electron chi connectivity index (χ1n) is 8.16. The minimum atomic E-state index is -0.344. The minimum Gasteiger partial charge on any atom is -0.425 e. The van der Waals surface area contributed by atoms with Gasteiger partial charge in [0, 0.05) is 6.07 Å². The van der Waals surface area contributed by atoms with Crippen LogP contribution in [0.4, 0.5) is 0 Å². The van der Waals surface area contributed by atoms with Crippen LogP contribution < -0.4 is 5.56 Å². The van der Waals surface area contributed by atoms with E-state index in [4.69, 9.17) is 0 Å². The van der Waals surface area contributed by atoms with Gasteiger partial charge in [-0.05, 0) is 36.5 Å². The van der Waals surface area contributed by atoms with Gasteiger partial charge in [-0.3, -0.25) is 4.79 Å². The van der Waals surface area contributed by atoms with Crippen LogP contribution in [0.2, 0.25) is 0 Å². The Labute approximate surface area is 131 Å². The molecule has 22 heavy (non-hydrogen) atoms. The molecule has 3 nitrogen and oxygen atoms in total. The van der Waals surface area contributed by atoms with Crippen molar-refractivity contribution >= 4 is 0 Å². The molecule has 0 saturated heterocycles. The van der Waals surface area contributed by atoms with E-state index in [1.54, 1.807) is 0 Å². The third kappa shape index (κ3) is 3.24. The third-order valence-corrected chi connectivity index (χ3v) is 4.69. The molecular formula is C19H23NO2. The second-order valence-corrected chi connectivity index (χ2v) is 6.46. The summed E-state index contributed by atoms with van der Waals surface area (Å²) in [6.45, 7) is 2.05. The van der Waals surface area contributed by atoms with Gasteiger partial charge in [0.25, 0.3) is 5.56 Å². The second-order valence-electron chi connectivity index (χ2n) is 6.46. The van der Waals surface area contributed by atoms with Crippen molar-refractivity contribution in [3.8, 4) is 11.1 Å². The number of aryl methyl sites for hydroxylation is 1. The van der Waals surface area contributed by atoms with E-state index < -0.39 is 0 Å². The van der Waals surface area contributed by atoms with Gasteiger partial charge < -0.3 is 5.21 Å². The van der Waals surface area contributed by atoms with Crippen molar-refractivity contribution in [1.29, 1.82) is 0 Å². The zero-order chi connectivity index (χ0) is 15.5. The Morgan fingerprint density at radius 2 is 1.73 bits per heavy atom. The standard InChI is InChI=1S/C19H23NO2/c1-14-7-9-16(10-8-14)17-12-18(20(22)19(21)13-17)11-15-5-3-2-4-6-15/h7-10,12-13,15,22H,2-6,11H2,1H3. The van der Waals surface area contributed by atoms with Crippen molar-refractivity contribution in [2.24, 2.45) is 5.92 Å². The molecule has 0 unspecified atom stereocenters. The van der Waals surface area contributed by atoms with Crippen LogP contribution in [0.1, 0.15) is 43.4 Å². The average molecular weight is 297 g/mol. The van der Waals surface area contributed by atoms with E-state index in [0.29, 0.717) is 5.92 Å². The van der Waals surface area contributed by atoms with Crippen molar-refractivity contribution in [3.05, 3.63) is 58.0 Å². The molecule has 3 heteroatoms. The predicted octanol–water partition coefficient (Wildman–Crippen LogP) is 4.18. The van der Waals surface area contributed by atoms with E-state index in [9.17, 15) is 10.0 Å². The Hall–Kier alpha value is -2.03. The smallest absolute Gasteiger partial charge is 0.283 e. The molecular weight excluding hydrogens is 274 g/mol. The fourth-order valence-electron chi connectivity index (χ4n) is 3.36. The van der Waals surface area contributed by atoms with E-state index in [0.717, 1.165) is 28.0 Å². The van der Waals surface area contributed by atoms with Crippen molar-refractivity contribution in [3.63, 3.8) is 0 Å². The molecule has 1 aliphatic carbocycles. The van der Waals surface area contributed by atoms with Crippen LogP contribution >= 0.6 is 0 Å². The van der Waals surface area contributed by atoms with Gasteiger partial charge in [-0.25, -0.2) is 0 Å². The minimum absolute atomic E-state index is 0.344. The Morgan fingerprint density at radius 3 is 2.41 bits per heavy atom. The summed E-state index contributed by atoms with van der Waals surface area (Å²) in [6, 6.07) is 11.6. The number of rotatable bonds is 3. The molecule has 1 heterocycles. The highest BCUT2D eigenvalue weighted by Crippen LogP contribution is 2.27. The molecule has 0 aliphatic heterocycles. The van der Waals surface area contributed by atoms with Crippen molar-refractivity contribution in [2.75, 3.05) is 0 Å². The second kappa shape index (κ2) is 6.39. The van der Waals surface area contributed by atoms with Gasteiger partial charge in [-0.2, -0.15) is 4.73 Å². The van der Waals surface area contributed by atoms with Crippen LogP contribution in [0.15, 0.2) is 41.2 Å². The molecule has 0 bridgehead atoms. The van der Waals surface area contributed by atoms with Gasteiger partial charge in [-0.15, -0.1) is 0 Å². The monoisotopic (exact) mass is 297 g/mol. The molecule has 2 aromatic rings. The van der Waals surface area contributed by atoms with Gasteiger partial charge in [0.2, 0.25) is 0 Å². The quantitative estimate of drug-likeness (QED) is 0.863. The lowest BCUT2D eigenvalue weighted by molar-refractivity contribution is 0.160. The number of nitrogens with zero attached hydrogens (tertiary/aromatic N) is 1. The molecule has 1 fully saturated rings. The number of benzene rings is 1. The van der Waals surface area contributed by atoms with Crippen LogP contribution in [-0.4, -0.2) is 9.94 Å². The average Bonchev–Trinajstić information content (AvgIpc) is 2.53. The first-order valence-corrected chi connectivity index (χ1v) is 8.16. The summed E-state index contributed by atoms with van der Waals surface area (Å²) in [6.07, 6.45) is 7.01. The maximum absolute atomic E-state index is 12.1. The summed E-state index contributed by atoms with van der Waals surface area (Å²) in [7, 11) is 0. The summed E-state index contributed by atoms with van der Waals surface area (Å²) in [5.74, 6) is 0.583. The molecule has 1 N–H and O–H groups in total. The molecule has 0 amide bonds. The lowest BCUT2D eigenvalue weighted by Gasteiger charge is -2.22. The summed E-state index contributed by atoms with van der Waals surface area (Å²) >= 11 is 0. The lowest BCUT2D eigenvalue weighted by atomic mass is 9.85. The summed E-state index contributed by atoms with van der Waals surface area (Å²) < 4.78 is 0.826. The lowest BCUT2D eigenvalue weighted by Crippen LogP contribution is -2.23. The van der Waals surface area contributed by atoms with Gasteiger partial charge in [0.1, 0.15) is 0 Å². The predicted molar refractivity (Wildman–Crippen MR) is 88.3 cm³/mol. The molecule has 1 saturated carbocycles. The van der Waals surface area contributed by atoms with Crippen LogP contribution in [0, 0.1) is 12.8 Å². The Kier molecular flexibility index (Phi) is 4.32. The third-order valence-electron chi connectivity index (χ3n) is 4.69. The molecule has 0 atom stereocenters. The topological polar surface area (TPSA) is 42.2 Å². The number of hydrogen-bond donors (Lipinski definition) is 1. The fraction of sp³-hybridized carbons (Fsp3) is 0.421. The number of hydrogen-bond acceptors (Lipinski definition) is 2. The van der Waals surface area contributed by atoms with Gasteiger partial charge >= 0.3 is 0 Å². The zero-order valence-electron chi connectivity index (χ0n) is 13.1. The summed E-state index contributed by atoms with van der Waals surface area (Å²) in [5.41, 5.74) is 3.50. The Bertz CT molecular complexity index is 694. The number of pyridine rings is 1. The van der Waals surface area contributed by atoms with Gasteiger partial charge in [0.15, 0.2) is 0 Å². The van der Waals surface area contributed by atoms with Crippen molar-refractivity contribution < 1.29 is 5.21 Å². The van der Waals surface area contributed by atoms with Crippen LogP contribution in [-0.2, 0) is 6.42 Å². The first-order chi connectivity index (χ1) is 10.6. The maximum atomic E-state index is 12.1. The van der Waals surface area contributed by atoms with E-state index in [1.165, 1.54) is 43.7 Å². The van der Waals surface area contributed by atoms with Crippen molar-refractivity contribution in [1.82, 2.24) is 4.73 Å². The Morgan fingerprint density at radius 1 is 1.05 bits per heavy atom. The van der Waals surface area contributed by atoms with Crippen LogP contribution in [0.5, 0.6) is 0 Å². The first kappa shape index (κ1) is 14.9. The van der Waals surface area contributed by atoms with E-state index >= 15 is 0 Å². The van der Waals surface area contributed by atoms with Gasteiger partial charge in [0.05, 0.1) is 5.69 Å². The number of aromatic nitrogens is 1. The molecule has 1 aromatic carbocycles. The normalized spacial score (nSPS) is 15.9. The van der Waals surface area contributed by atoms with Crippen LogP contribution in [0.3, 0.4) is 0 Å². The highest BCUT2D eigenvalue weighted by Gasteiger charge is 2.17. The van der Waals surface area contributed by atoms with E-state index in [-0.39, 0.29) is 5.56 Å². The highest BCUT2D eigenvalue weighted by atomic mass is 16.5. The molecule has 0 radical (unpaired) electrons. The van der Waals surface area contributed by atoms with E-state index in [2.05, 4.69) is 0 Å². The molecule has 116 valence electrons. The van der Waals surface area contributed by atoms with Crippen LogP contribution in [0.25, 0.3) is 11.1 Å². The van der Waals surface area contributed by atoms with Gasteiger partial charge in [-0.1, -0.05) is 61.9 Å². The highest BCUT2D eigenvalue weighted by molar-refractivity contribution is 5.63. The summed E-state index contributed by atoms with van der Waals surface area (Å²) in [5, 5.41) is 10.0. The van der Waals surface area contributed by atoms with E-state index in [1.807, 2.05) is 37.3 Å². The molecule has 1 aromatic heterocycles. The molecule has 0 spiro atoms. The zero-order valence-corrected chi connectivity index (χ0v) is 13.1. The SMILES string of the molecule is Cc1ccc(-c2cc(CC3CCCCC3)n(O)c(=O)c2)cc1. The molecule has 1 aliphatic rings. The molecule has 3 rings (SSSR count). The summed E-state index contributed by atoms with van der Waals surface area (Å²) in [4.78, 5) is 12.1. The fourth-order valence-corrected chi connectivity index (χ4v) is 3.36. The maximum Gasteiger partial charge on any atom is 0.283 e. The van der Waals surface area contributed by atoms with Crippen molar-refractivity contribution in [2.45, 2.75) is 45.4 Å². The largest absolute Gasteiger partial charge is 0.425 e. The Balaban J connectivity index is 1.92.